The second kappa shape index (κ2) is 4.03. The van der Waals surface area contributed by atoms with Gasteiger partial charge in [0.05, 0.1) is 10.5 Å². The third-order valence-corrected chi connectivity index (χ3v) is 2.99. The van der Waals surface area contributed by atoms with Gasteiger partial charge in [0.15, 0.2) is 0 Å². The molecule has 1 heterocycles. The van der Waals surface area contributed by atoms with E-state index in [2.05, 4.69) is 27.6 Å². The lowest BCUT2D eigenvalue weighted by atomic mass is 10.2. The zero-order valence-electron chi connectivity index (χ0n) is 7.65. The molecule has 16 heavy (non-hydrogen) atoms. The zero-order valence-corrected chi connectivity index (χ0v) is 10.6. The maximum atomic E-state index is 12.5. The molecule has 0 aliphatic rings. The minimum absolute atomic E-state index is 0.0656. The molecule has 84 valence electrons. The average Bonchev–Trinajstić information content (AvgIpc) is 2.17. The highest BCUT2D eigenvalue weighted by Crippen LogP contribution is 2.33. The minimum atomic E-state index is -4.47. The second-order valence-corrected chi connectivity index (χ2v) is 4.80. The summed E-state index contributed by atoms with van der Waals surface area (Å²) in [6.07, 6.45) is -4.47. The summed E-state index contributed by atoms with van der Waals surface area (Å²) in [5.41, 5.74) is -0.716. The first-order valence-corrected chi connectivity index (χ1v) is 5.66. The number of nitrogens with zero attached hydrogens (tertiary/aromatic N) is 1. The Balaban J connectivity index is 2.74. The molecule has 1 aromatic heterocycles. The fourth-order valence-electron chi connectivity index (χ4n) is 1.30. The van der Waals surface area contributed by atoms with Crippen molar-refractivity contribution in [2.75, 3.05) is 0 Å². The van der Waals surface area contributed by atoms with E-state index in [4.69, 9.17) is 11.6 Å². The highest BCUT2D eigenvalue weighted by molar-refractivity contribution is 14.1. The minimum Gasteiger partial charge on any atom is -0.243 e. The molecule has 0 spiro atoms. The summed E-state index contributed by atoms with van der Waals surface area (Å²) in [4.78, 5) is 3.54. The van der Waals surface area contributed by atoms with E-state index >= 15 is 0 Å². The van der Waals surface area contributed by atoms with Gasteiger partial charge in [0.2, 0.25) is 0 Å². The van der Waals surface area contributed by atoms with Crippen LogP contribution in [0.2, 0.25) is 5.02 Å². The summed E-state index contributed by atoms with van der Waals surface area (Å²) in [7, 11) is 0. The van der Waals surface area contributed by atoms with Crippen LogP contribution in [-0.2, 0) is 6.18 Å². The molecule has 0 fully saturated rings. The van der Waals surface area contributed by atoms with E-state index in [0.717, 1.165) is 9.64 Å². The second-order valence-electron chi connectivity index (χ2n) is 3.15. The maximum Gasteiger partial charge on any atom is 0.433 e. The molecule has 2 rings (SSSR count). The van der Waals surface area contributed by atoms with E-state index in [0.29, 0.717) is 5.39 Å². The molecule has 0 saturated carbocycles. The third-order valence-electron chi connectivity index (χ3n) is 2.01. The molecule has 0 aliphatic heterocycles. The number of hydrogen-bond acceptors (Lipinski definition) is 1. The van der Waals surface area contributed by atoms with Gasteiger partial charge in [0.25, 0.3) is 0 Å². The molecule has 1 aromatic carbocycles. The molecule has 1 nitrogen and oxygen atoms in total. The van der Waals surface area contributed by atoms with Gasteiger partial charge in [-0.05, 0) is 46.9 Å². The topological polar surface area (TPSA) is 12.9 Å². The first-order valence-electron chi connectivity index (χ1n) is 4.21. The zero-order chi connectivity index (χ0) is 11.9. The largest absolute Gasteiger partial charge is 0.433 e. The monoisotopic (exact) mass is 357 g/mol. The number of alkyl halides is 3. The van der Waals surface area contributed by atoms with Crippen LogP contribution in [0.3, 0.4) is 0 Å². The summed E-state index contributed by atoms with van der Waals surface area (Å²) in [6.45, 7) is 0. The molecule has 0 aliphatic carbocycles. The highest BCUT2D eigenvalue weighted by atomic mass is 127. The molecule has 0 radical (unpaired) electrons. The normalized spacial score (nSPS) is 12.1. The number of rotatable bonds is 0. The molecule has 0 N–H and O–H groups in total. The summed E-state index contributed by atoms with van der Waals surface area (Å²) in [5, 5.41) is 0.595. The van der Waals surface area contributed by atoms with Crippen LogP contribution in [0.5, 0.6) is 0 Å². The van der Waals surface area contributed by atoms with E-state index in [1.54, 1.807) is 12.1 Å². The van der Waals surface area contributed by atoms with Gasteiger partial charge in [-0.25, -0.2) is 4.98 Å². The molecule has 6 heteroatoms. The molecular weight excluding hydrogens is 353 g/mol. The van der Waals surface area contributed by atoms with Crippen LogP contribution in [0.1, 0.15) is 5.69 Å². The number of pyridine rings is 1. The van der Waals surface area contributed by atoms with Crippen molar-refractivity contribution >= 4 is 45.1 Å². The standard InChI is InChI=1S/C10H4ClF3IN/c11-7-4-9(10(12,13)14)16-8-2-1-5(15)3-6(7)8/h1-4H. The lowest BCUT2D eigenvalue weighted by molar-refractivity contribution is -0.140. The molecule has 0 saturated heterocycles. The van der Waals surface area contributed by atoms with Crippen molar-refractivity contribution in [3.63, 3.8) is 0 Å². The predicted molar refractivity (Wildman–Crippen MR) is 64.5 cm³/mol. The number of benzene rings is 1. The average molecular weight is 358 g/mol. The SMILES string of the molecule is FC(F)(F)c1cc(Cl)c2cc(I)ccc2n1. The molecule has 0 bridgehead atoms. The Bertz CT molecular complexity index is 553. The van der Waals surface area contributed by atoms with Crippen LogP contribution in [0.15, 0.2) is 24.3 Å². The predicted octanol–water partition coefficient (Wildman–Crippen LogP) is 4.51. The molecule has 0 unspecified atom stereocenters. The van der Waals surface area contributed by atoms with Crippen LogP contribution in [0, 0.1) is 3.57 Å². The summed E-state index contributed by atoms with van der Waals surface area (Å²) < 4.78 is 38.3. The lowest BCUT2D eigenvalue weighted by Gasteiger charge is -2.08. The summed E-state index contributed by atoms with van der Waals surface area (Å²) >= 11 is 7.86. The lowest BCUT2D eigenvalue weighted by Crippen LogP contribution is -2.07. The maximum absolute atomic E-state index is 12.5. The Kier molecular flexibility index (Phi) is 3.00. The van der Waals surface area contributed by atoms with Crippen molar-refractivity contribution in [2.45, 2.75) is 6.18 Å². The summed E-state index contributed by atoms with van der Waals surface area (Å²) in [5.74, 6) is 0. The number of fused-ring (bicyclic) bond motifs is 1. The van der Waals surface area contributed by atoms with Crippen LogP contribution >= 0.6 is 34.2 Å². The van der Waals surface area contributed by atoms with Crippen LogP contribution < -0.4 is 0 Å². The van der Waals surface area contributed by atoms with Crippen LogP contribution in [0.25, 0.3) is 10.9 Å². The number of aromatic nitrogens is 1. The fourth-order valence-corrected chi connectivity index (χ4v) is 2.05. The van der Waals surface area contributed by atoms with E-state index in [1.165, 1.54) is 6.07 Å². The smallest absolute Gasteiger partial charge is 0.243 e. The number of halogens is 5. The first kappa shape index (κ1) is 11.9. The Morgan fingerprint density at radius 3 is 2.50 bits per heavy atom. The van der Waals surface area contributed by atoms with Gasteiger partial charge < -0.3 is 0 Å². The van der Waals surface area contributed by atoms with Gasteiger partial charge >= 0.3 is 6.18 Å². The number of hydrogen-bond donors (Lipinski definition) is 0. The Morgan fingerprint density at radius 2 is 1.88 bits per heavy atom. The van der Waals surface area contributed by atoms with Crippen LogP contribution in [-0.4, -0.2) is 4.98 Å². The Hall–Kier alpha value is -0.560. The van der Waals surface area contributed by atoms with E-state index in [-0.39, 0.29) is 10.5 Å². The van der Waals surface area contributed by atoms with Gasteiger partial charge in [-0.1, -0.05) is 11.6 Å². The van der Waals surface area contributed by atoms with Crippen molar-refractivity contribution in [1.29, 1.82) is 0 Å². The van der Waals surface area contributed by atoms with Crippen molar-refractivity contribution < 1.29 is 13.2 Å². The molecular formula is C10H4ClF3IN. The van der Waals surface area contributed by atoms with Crippen molar-refractivity contribution in [3.8, 4) is 0 Å². The van der Waals surface area contributed by atoms with Crippen molar-refractivity contribution in [3.05, 3.63) is 38.6 Å². The van der Waals surface area contributed by atoms with Crippen molar-refractivity contribution in [2.24, 2.45) is 0 Å². The molecule has 0 amide bonds. The Labute approximate surface area is 108 Å². The highest BCUT2D eigenvalue weighted by Gasteiger charge is 2.33. The van der Waals surface area contributed by atoms with Gasteiger partial charge in [0.1, 0.15) is 5.69 Å². The molecule has 2 aromatic rings. The quantitative estimate of drug-likeness (QED) is 0.632. The van der Waals surface area contributed by atoms with Gasteiger partial charge in [0, 0.05) is 8.96 Å². The summed E-state index contributed by atoms with van der Waals surface area (Å²) in [6, 6.07) is 5.76. The van der Waals surface area contributed by atoms with E-state index < -0.39 is 11.9 Å². The van der Waals surface area contributed by atoms with Crippen LogP contribution in [0.4, 0.5) is 13.2 Å². The van der Waals surface area contributed by atoms with Gasteiger partial charge in [-0.15, -0.1) is 0 Å². The molecule has 0 atom stereocenters. The Morgan fingerprint density at radius 1 is 1.19 bits per heavy atom. The van der Waals surface area contributed by atoms with E-state index in [9.17, 15) is 13.2 Å². The van der Waals surface area contributed by atoms with Gasteiger partial charge in [-0.2, -0.15) is 13.2 Å². The fraction of sp³-hybridized carbons (Fsp3) is 0.100. The van der Waals surface area contributed by atoms with Gasteiger partial charge in [-0.3, -0.25) is 0 Å². The van der Waals surface area contributed by atoms with E-state index in [1.807, 2.05) is 0 Å². The third kappa shape index (κ3) is 2.24. The first-order chi connectivity index (χ1) is 7.38. The van der Waals surface area contributed by atoms with Crippen molar-refractivity contribution in [1.82, 2.24) is 4.98 Å².